The predicted octanol–water partition coefficient (Wildman–Crippen LogP) is 3.06. The average Bonchev–Trinajstić information content (AvgIpc) is 2.60. The Kier molecular flexibility index (Phi) is 5.65. The number of pyridine rings is 1. The van der Waals surface area contributed by atoms with E-state index in [0.29, 0.717) is 27.8 Å². The van der Waals surface area contributed by atoms with Crippen LogP contribution in [-0.2, 0) is 9.53 Å². The predicted molar refractivity (Wildman–Crippen MR) is 105 cm³/mol. The third-order valence-electron chi connectivity index (χ3n) is 4.10. The summed E-state index contributed by atoms with van der Waals surface area (Å²) in [6, 6.07) is 3.59. The van der Waals surface area contributed by atoms with Gasteiger partial charge in [-0.1, -0.05) is 18.7 Å². The van der Waals surface area contributed by atoms with Gasteiger partial charge in [0, 0.05) is 18.1 Å². The molecule has 3 rings (SSSR count). The number of nitrogens with one attached hydrogen (secondary N) is 2. The molecule has 1 aliphatic heterocycles. The molecule has 1 atom stereocenters. The minimum Gasteiger partial charge on any atom is -0.460 e. The van der Waals surface area contributed by atoms with Crippen molar-refractivity contribution in [2.24, 2.45) is 0 Å². The molecular formula is C19H22N4O3S. The number of fused-ring (bicyclic) bond motifs is 1. The molecule has 0 saturated carbocycles. The van der Waals surface area contributed by atoms with E-state index >= 15 is 0 Å². The van der Waals surface area contributed by atoms with Gasteiger partial charge in [-0.15, -0.1) is 0 Å². The highest BCUT2D eigenvalue weighted by Crippen LogP contribution is 2.39. The third kappa shape index (κ3) is 3.90. The monoisotopic (exact) mass is 386 g/mol. The van der Waals surface area contributed by atoms with Crippen LogP contribution >= 0.6 is 11.8 Å². The molecule has 7 nitrogen and oxygen atoms in total. The van der Waals surface area contributed by atoms with Crippen molar-refractivity contribution in [3.8, 4) is 0 Å². The Morgan fingerprint density at radius 2 is 2.04 bits per heavy atom. The molecule has 0 aliphatic carbocycles. The number of allylic oxidation sites excluding steroid dienone is 1. The van der Waals surface area contributed by atoms with E-state index in [4.69, 9.17) is 4.74 Å². The zero-order chi connectivity index (χ0) is 19.6. The van der Waals surface area contributed by atoms with E-state index < -0.39 is 11.9 Å². The highest BCUT2D eigenvalue weighted by Gasteiger charge is 2.36. The number of ether oxygens (including phenoxy) is 1. The van der Waals surface area contributed by atoms with Gasteiger partial charge in [0.15, 0.2) is 5.16 Å². The SMILES string of the molecule is CCSc1nc2c(c(=O)[nH]1)[C@H](c1ccncc1)C(C(=O)OC(C)C)=C(C)N2. The smallest absolute Gasteiger partial charge is 0.337 e. The molecule has 0 fully saturated rings. The second kappa shape index (κ2) is 7.96. The number of carbonyl (C=O) groups excluding carboxylic acids is 1. The number of esters is 1. The molecule has 8 heteroatoms. The second-order valence-electron chi connectivity index (χ2n) is 6.40. The fraction of sp³-hybridized carbons (Fsp3) is 0.368. The van der Waals surface area contributed by atoms with Gasteiger partial charge in [0.05, 0.1) is 23.2 Å². The van der Waals surface area contributed by atoms with Crippen LogP contribution in [0.15, 0.2) is 45.7 Å². The third-order valence-corrected chi connectivity index (χ3v) is 4.86. The number of carbonyl (C=O) groups is 1. The molecule has 0 saturated heterocycles. The number of thioether (sulfide) groups is 1. The van der Waals surface area contributed by atoms with Crippen molar-refractivity contribution in [2.45, 2.75) is 44.9 Å². The Morgan fingerprint density at radius 3 is 2.67 bits per heavy atom. The van der Waals surface area contributed by atoms with Gasteiger partial charge in [0.1, 0.15) is 5.82 Å². The van der Waals surface area contributed by atoms with Crippen LogP contribution in [0.4, 0.5) is 5.82 Å². The highest BCUT2D eigenvalue weighted by molar-refractivity contribution is 7.99. The molecule has 142 valence electrons. The Morgan fingerprint density at radius 1 is 1.33 bits per heavy atom. The lowest BCUT2D eigenvalue weighted by atomic mass is 9.83. The van der Waals surface area contributed by atoms with Crippen molar-refractivity contribution in [2.75, 3.05) is 11.1 Å². The van der Waals surface area contributed by atoms with E-state index in [1.807, 2.05) is 6.92 Å². The first-order valence-electron chi connectivity index (χ1n) is 8.78. The standard InChI is InChI=1S/C19H22N4O3S/c1-5-27-19-22-16-15(17(24)23-19)14(12-6-8-20-9-7-12)13(11(4)21-16)18(25)26-10(2)3/h6-10,14H,5H2,1-4H3,(H2,21,22,23,24)/t14-/m1/s1. The van der Waals surface area contributed by atoms with E-state index in [0.717, 1.165) is 11.3 Å². The van der Waals surface area contributed by atoms with E-state index in [2.05, 4.69) is 20.3 Å². The summed E-state index contributed by atoms with van der Waals surface area (Å²) in [6.07, 6.45) is 3.01. The molecule has 27 heavy (non-hydrogen) atoms. The summed E-state index contributed by atoms with van der Waals surface area (Å²) in [5.41, 5.74) is 1.95. The summed E-state index contributed by atoms with van der Waals surface area (Å²) in [6.45, 7) is 7.37. The first-order chi connectivity index (χ1) is 12.9. The molecule has 0 aromatic carbocycles. The number of aromatic nitrogens is 3. The van der Waals surface area contributed by atoms with Crippen LogP contribution in [0.3, 0.4) is 0 Å². The lowest BCUT2D eigenvalue weighted by molar-refractivity contribution is -0.143. The number of aromatic amines is 1. The molecule has 2 aromatic heterocycles. The lowest BCUT2D eigenvalue weighted by Crippen LogP contribution is -2.31. The van der Waals surface area contributed by atoms with Crippen molar-refractivity contribution in [1.29, 1.82) is 0 Å². The van der Waals surface area contributed by atoms with Gasteiger partial charge in [-0.25, -0.2) is 9.78 Å². The molecule has 0 radical (unpaired) electrons. The summed E-state index contributed by atoms with van der Waals surface area (Å²) in [5, 5.41) is 3.67. The van der Waals surface area contributed by atoms with Crippen molar-refractivity contribution in [3.63, 3.8) is 0 Å². The summed E-state index contributed by atoms with van der Waals surface area (Å²) in [7, 11) is 0. The van der Waals surface area contributed by atoms with Gasteiger partial charge in [-0.3, -0.25) is 9.78 Å². The maximum absolute atomic E-state index is 12.9. The van der Waals surface area contributed by atoms with E-state index in [1.165, 1.54) is 11.8 Å². The second-order valence-corrected chi connectivity index (χ2v) is 7.65. The largest absolute Gasteiger partial charge is 0.460 e. The topological polar surface area (TPSA) is 97.0 Å². The number of anilines is 1. The van der Waals surface area contributed by atoms with Gasteiger partial charge in [0.2, 0.25) is 0 Å². The minimum atomic E-state index is -0.576. The molecule has 0 spiro atoms. The van der Waals surface area contributed by atoms with Gasteiger partial charge < -0.3 is 15.0 Å². The van der Waals surface area contributed by atoms with Gasteiger partial charge >= 0.3 is 5.97 Å². The normalized spacial score (nSPS) is 16.1. The first-order valence-corrected chi connectivity index (χ1v) is 9.76. The van der Waals surface area contributed by atoms with Crippen molar-refractivity contribution in [3.05, 3.63) is 57.3 Å². The summed E-state index contributed by atoms with van der Waals surface area (Å²) < 4.78 is 5.44. The Balaban J connectivity index is 2.20. The summed E-state index contributed by atoms with van der Waals surface area (Å²) in [4.78, 5) is 37.1. The Hall–Kier alpha value is -2.61. The highest BCUT2D eigenvalue weighted by atomic mass is 32.2. The fourth-order valence-electron chi connectivity index (χ4n) is 3.07. The van der Waals surface area contributed by atoms with E-state index in [1.54, 1.807) is 45.3 Å². The number of hydrogen-bond donors (Lipinski definition) is 2. The van der Waals surface area contributed by atoms with Crippen LogP contribution in [0.5, 0.6) is 0 Å². The van der Waals surface area contributed by atoms with Crippen LogP contribution in [0.25, 0.3) is 0 Å². The summed E-state index contributed by atoms with van der Waals surface area (Å²) in [5.74, 6) is 0.229. The quantitative estimate of drug-likeness (QED) is 0.463. The minimum absolute atomic E-state index is 0.267. The van der Waals surface area contributed by atoms with E-state index in [9.17, 15) is 9.59 Å². The van der Waals surface area contributed by atoms with Crippen LogP contribution in [0.1, 0.15) is 44.7 Å². The molecule has 2 N–H and O–H groups in total. The maximum atomic E-state index is 12.9. The zero-order valence-corrected chi connectivity index (χ0v) is 16.5. The summed E-state index contributed by atoms with van der Waals surface area (Å²) >= 11 is 1.45. The number of rotatable bonds is 5. The van der Waals surface area contributed by atoms with Gasteiger partial charge in [-0.05, 0) is 44.2 Å². The first kappa shape index (κ1) is 19.2. The number of hydrogen-bond acceptors (Lipinski definition) is 7. The van der Waals surface area contributed by atoms with E-state index in [-0.39, 0.29) is 11.7 Å². The number of H-pyrrole nitrogens is 1. The van der Waals surface area contributed by atoms with Crippen LogP contribution in [0.2, 0.25) is 0 Å². The van der Waals surface area contributed by atoms with Crippen LogP contribution in [0, 0.1) is 0 Å². The molecule has 3 heterocycles. The van der Waals surface area contributed by atoms with Crippen molar-refractivity contribution >= 4 is 23.5 Å². The number of nitrogens with zero attached hydrogens (tertiary/aromatic N) is 2. The van der Waals surface area contributed by atoms with Crippen molar-refractivity contribution < 1.29 is 9.53 Å². The van der Waals surface area contributed by atoms with Crippen molar-refractivity contribution in [1.82, 2.24) is 15.0 Å². The molecule has 0 bridgehead atoms. The molecular weight excluding hydrogens is 364 g/mol. The molecule has 2 aromatic rings. The Labute approximate surface area is 161 Å². The fourth-order valence-corrected chi connectivity index (χ4v) is 3.67. The maximum Gasteiger partial charge on any atom is 0.337 e. The van der Waals surface area contributed by atoms with Gasteiger partial charge in [0.25, 0.3) is 5.56 Å². The zero-order valence-electron chi connectivity index (χ0n) is 15.7. The lowest BCUT2D eigenvalue weighted by Gasteiger charge is -2.29. The average molecular weight is 386 g/mol. The molecule has 0 amide bonds. The van der Waals surface area contributed by atoms with Crippen LogP contribution < -0.4 is 10.9 Å². The van der Waals surface area contributed by atoms with Crippen LogP contribution in [-0.4, -0.2) is 32.8 Å². The molecule has 1 aliphatic rings. The van der Waals surface area contributed by atoms with Gasteiger partial charge in [-0.2, -0.15) is 0 Å². The Bertz CT molecular complexity index is 938. The molecule has 0 unspecified atom stereocenters.